The first kappa shape index (κ1) is 10.1. The Morgan fingerprint density at radius 2 is 1.91 bits per heavy atom. The number of aliphatic hydroxyl groups is 1. The standard InChI is InChI=1S/C7H12O4/c1-4(5(2)8)3-6(9)7(10)11/h4,6,9H,3H2,1-2H3,(H,10,11). The van der Waals surface area contributed by atoms with E-state index >= 15 is 0 Å². The average molecular weight is 160 g/mol. The fourth-order valence-corrected chi connectivity index (χ4v) is 0.602. The summed E-state index contributed by atoms with van der Waals surface area (Å²) in [7, 11) is 0. The smallest absolute Gasteiger partial charge is 0.332 e. The highest BCUT2D eigenvalue weighted by Gasteiger charge is 2.19. The molecule has 0 bridgehead atoms. The van der Waals surface area contributed by atoms with Crippen LogP contribution in [0.5, 0.6) is 0 Å². The molecule has 64 valence electrons. The quantitative estimate of drug-likeness (QED) is 0.609. The molecule has 0 fully saturated rings. The number of ketones is 1. The number of aliphatic hydroxyl groups excluding tert-OH is 1. The third kappa shape index (κ3) is 3.72. The number of Topliss-reactive ketones (excluding diaryl/α,β-unsaturated/α-hetero) is 1. The van der Waals surface area contributed by atoms with E-state index in [0.29, 0.717) is 0 Å². The molecular formula is C7H12O4. The van der Waals surface area contributed by atoms with E-state index in [9.17, 15) is 9.59 Å². The molecule has 2 atom stereocenters. The lowest BCUT2D eigenvalue weighted by molar-refractivity contribution is -0.147. The molecule has 2 unspecified atom stereocenters. The molecular weight excluding hydrogens is 148 g/mol. The minimum Gasteiger partial charge on any atom is -0.479 e. The number of carbonyl (C=O) groups is 2. The molecule has 2 N–H and O–H groups in total. The van der Waals surface area contributed by atoms with Crippen molar-refractivity contribution in [3.63, 3.8) is 0 Å². The molecule has 0 radical (unpaired) electrons. The maximum absolute atomic E-state index is 10.6. The fourth-order valence-electron chi connectivity index (χ4n) is 0.602. The van der Waals surface area contributed by atoms with Gasteiger partial charge >= 0.3 is 5.97 Å². The predicted octanol–water partition coefficient (Wildman–Crippen LogP) is 0.0471. The Kier molecular flexibility index (Phi) is 3.74. The van der Waals surface area contributed by atoms with Crippen LogP contribution in [0.3, 0.4) is 0 Å². The summed E-state index contributed by atoms with van der Waals surface area (Å²) in [5.74, 6) is -1.77. The van der Waals surface area contributed by atoms with Crippen molar-refractivity contribution in [3.05, 3.63) is 0 Å². The molecule has 0 aromatic heterocycles. The van der Waals surface area contributed by atoms with Gasteiger partial charge in [-0.15, -0.1) is 0 Å². The van der Waals surface area contributed by atoms with Gasteiger partial charge in [-0.25, -0.2) is 4.79 Å². The van der Waals surface area contributed by atoms with Gasteiger partial charge in [0.2, 0.25) is 0 Å². The molecule has 0 rings (SSSR count). The SMILES string of the molecule is CC(=O)C(C)CC(O)C(=O)O. The van der Waals surface area contributed by atoms with Gasteiger partial charge in [0.1, 0.15) is 5.78 Å². The van der Waals surface area contributed by atoms with E-state index in [0.717, 1.165) is 0 Å². The number of hydrogen-bond acceptors (Lipinski definition) is 3. The minimum absolute atomic E-state index is 0.00926. The van der Waals surface area contributed by atoms with E-state index < -0.39 is 12.1 Å². The van der Waals surface area contributed by atoms with E-state index in [4.69, 9.17) is 10.2 Å². The van der Waals surface area contributed by atoms with Crippen LogP contribution in [0, 0.1) is 5.92 Å². The molecule has 0 amide bonds. The maximum atomic E-state index is 10.6. The Hall–Kier alpha value is -0.900. The minimum atomic E-state index is -1.42. The molecule has 4 heteroatoms. The van der Waals surface area contributed by atoms with E-state index in [1.54, 1.807) is 6.92 Å². The van der Waals surface area contributed by atoms with E-state index in [2.05, 4.69) is 0 Å². The Morgan fingerprint density at radius 1 is 1.45 bits per heavy atom. The summed E-state index contributed by atoms with van der Waals surface area (Å²) in [4.78, 5) is 20.7. The van der Waals surface area contributed by atoms with Crippen molar-refractivity contribution in [2.45, 2.75) is 26.4 Å². The van der Waals surface area contributed by atoms with Crippen LogP contribution < -0.4 is 0 Å². The number of hydrogen-bond donors (Lipinski definition) is 2. The molecule has 0 aromatic rings. The zero-order valence-electron chi connectivity index (χ0n) is 6.57. The van der Waals surface area contributed by atoms with Gasteiger partial charge in [0, 0.05) is 5.92 Å². The van der Waals surface area contributed by atoms with Gasteiger partial charge in [-0.3, -0.25) is 4.79 Å². The zero-order valence-corrected chi connectivity index (χ0v) is 6.57. The van der Waals surface area contributed by atoms with Crippen LogP contribution in [0.1, 0.15) is 20.3 Å². The summed E-state index contributed by atoms with van der Waals surface area (Å²) in [6.07, 6.45) is -1.43. The zero-order chi connectivity index (χ0) is 9.02. The summed E-state index contributed by atoms with van der Waals surface area (Å²) < 4.78 is 0. The molecule has 0 aromatic carbocycles. The van der Waals surface area contributed by atoms with Crippen molar-refractivity contribution in [1.29, 1.82) is 0 Å². The first-order chi connectivity index (χ1) is 4.95. The number of aliphatic carboxylic acids is 1. The monoisotopic (exact) mass is 160 g/mol. The Morgan fingerprint density at radius 3 is 2.18 bits per heavy atom. The summed E-state index contributed by atoms with van der Waals surface area (Å²) >= 11 is 0. The molecule has 11 heavy (non-hydrogen) atoms. The molecule has 0 aliphatic rings. The third-order valence-corrected chi connectivity index (χ3v) is 1.56. The van der Waals surface area contributed by atoms with Crippen LogP contribution >= 0.6 is 0 Å². The van der Waals surface area contributed by atoms with Crippen LogP contribution in [0.15, 0.2) is 0 Å². The first-order valence-electron chi connectivity index (χ1n) is 3.36. The van der Waals surface area contributed by atoms with Gasteiger partial charge in [-0.1, -0.05) is 6.92 Å². The number of rotatable bonds is 4. The van der Waals surface area contributed by atoms with Crippen LogP contribution in [-0.2, 0) is 9.59 Å². The molecule has 0 aliphatic carbocycles. The molecule has 0 aliphatic heterocycles. The fraction of sp³-hybridized carbons (Fsp3) is 0.714. The lowest BCUT2D eigenvalue weighted by Crippen LogP contribution is -2.24. The molecule has 0 spiro atoms. The summed E-state index contributed by atoms with van der Waals surface area (Å²) in [6, 6.07) is 0. The number of carboxylic acid groups (broad SMARTS) is 1. The highest BCUT2D eigenvalue weighted by Crippen LogP contribution is 2.06. The van der Waals surface area contributed by atoms with E-state index in [1.165, 1.54) is 6.92 Å². The van der Waals surface area contributed by atoms with Crippen molar-refractivity contribution in [1.82, 2.24) is 0 Å². The lowest BCUT2D eigenvalue weighted by Gasteiger charge is -2.09. The van der Waals surface area contributed by atoms with Crippen LogP contribution in [-0.4, -0.2) is 28.1 Å². The van der Waals surface area contributed by atoms with E-state index in [1.807, 2.05) is 0 Å². The Labute approximate surface area is 64.8 Å². The van der Waals surface area contributed by atoms with Crippen LogP contribution in [0.2, 0.25) is 0 Å². The van der Waals surface area contributed by atoms with Gasteiger partial charge in [0.15, 0.2) is 6.10 Å². The number of carbonyl (C=O) groups excluding carboxylic acids is 1. The van der Waals surface area contributed by atoms with Gasteiger partial charge in [-0.05, 0) is 13.3 Å². The Balaban J connectivity index is 3.84. The van der Waals surface area contributed by atoms with Crippen molar-refractivity contribution >= 4 is 11.8 Å². The topological polar surface area (TPSA) is 74.6 Å². The van der Waals surface area contributed by atoms with Crippen LogP contribution in [0.4, 0.5) is 0 Å². The summed E-state index contributed by atoms with van der Waals surface area (Å²) in [6.45, 7) is 2.97. The maximum Gasteiger partial charge on any atom is 0.332 e. The molecule has 0 heterocycles. The summed E-state index contributed by atoms with van der Waals surface area (Å²) in [5.41, 5.74) is 0. The second-order valence-electron chi connectivity index (χ2n) is 2.60. The lowest BCUT2D eigenvalue weighted by atomic mass is 10.0. The highest BCUT2D eigenvalue weighted by molar-refractivity contribution is 5.79. The van der Waals surface area contributed by atoms with Gasteiger partial charge < -0.3 is 10.2 Å². The van der Waals surface area contributed by atoms with Crippen molar-refractivity contribution in [2.75, 3.05) is 0 Å². The predicted molar refractivity (Wildman–Crippen MR) is 38.1 cm³/mol. The second kappa shape index (κ2) is 4.08. The van der Waals surface area contributed by atoms with Gasteiger partial charge in [0.05, 0.1) is 0 Å². The average Bonchev–Trinajstić information content (AvgIpc) is 1.87. The molecule has 0 saturated carbocycles. The van der Waals surface area contributed by atoms with Crippen molar-refractivity contribution < 1.29 is 19.8 Å². The third-order valence-electron chi connectivity index (χ3n) is 1.56. The van der Waals surface area contributed by atoms with E-state index in [-0.39, 0.29) is 18.1 Å². The van der Waals surface area contributed by atoms with Gasteiger partial charge in [0.25, 0.3) is 0 Å². The van der Waals surface area contributed by atoms with Crippen molar-refractivity contribution in [3.8, 4) is 0 Å². The number of carboxylic acids is 1. The highest BCUT2D eigenvalue weighted by atomic mass is 16.4. The molecule has 4 nitrogen and oxygen atoms in total. The molecule has 0 saturated heterocycles. The first-order valence-corrected chi connectivity index (χ1v) is 3.36. The van der Waals surface area contributed by atoms with Crippen molar-refractivity contribution in [2.24, 2.45) is 5.92 Å². The second-order valence-corrected chi connectivity index (χ2v) is 2.60. The largest absolute Gasteiger partial charge is 0.479 e. The normalized spacial score (nSPS) is 15.5. The van der Waals surface area contributed by atoms with Gasteiger partial charge in [-0.2, -0.15) is 0 Å². The van der Waals surface area contributed by atoms with Crippen LogP contribution in [0.25, 0.3) is 0 Å². The summed E-state index contributed by atoms with van der Waals surface area (Å²) in [5, 5.41) is 17.0. The Bertz CT molecular complexity index is 146.